The second kappa shape index (κ2) is 11.8. The smallest absolute Gasteiger partial charge is 0.251 e. The fourth-order valence-electron chi connectivity index (χ4n) is 3.05. The lowest BCUT2D eigenvalue weighted by Crippen LogP contribution is -2.24. The zero-order valence-corrected chi connectivity index (χ0v) is 16.9. The highest BCUT2D eigenvalue weighted by atomic mass is 16.2. The summed E-state index contributed by atoms with van der Waals surface area (Å²) in [4.78, 5) is 26.3. The van der Waals surface area contributed by atoms with Gasteiger partial charge in [0.05, 0.1) is 0 Å². The monoisotopic (exact) mass is 381 g/mol. The van der Waals surface area contributed by atoms with Gasteiger partial charge in [-0.2, -0.15) is 0 Å². The zero-order chi connectivity index (χ0) is 20.2. The van der Waals surface area contributed by atoms with Crippen LogP contribution in [0.2, 0.25) is 0 Å². The normalized spacial score (nSPS) is 10.4. The van der Waals surface area contributed by atoms with Gasteiger partial charge < -0.3 is 15.5 Å². The third kappa shape index (κ3) is 7.06. The average molecular weight is 382 g/mol. The molecule has 0 aromatic heterocycles. The number of amides is 2. The summed E-state index contributed by atoms with van der Waals surface area (Å²) in [6, 6.07) is 17.2. The number of carbonyl (C=O) groups is 2. The third-order valence-electron chi connectivity index (χ3n) is 4.68. The molecule has 2 aromatic rings. The molecule has 0 aliphatic rings. The molecule has 0 aliphatic heterocycles. The van der Waals surface area contributed by atoms with Crippen LogP contribution in [0.15, 0.2) is 54.6 Å². The number of unbranched alkanes of at least 4 members (excludes halogenated alkanes) is 2. The van der Waals surface area contributed by atoms with E-state index in [1.807, 2.05) is 42.5 Å². The minimum atomic E-state index is -0.0495. The SMILES string of the molecule is CCN(CC)c1ccc(NC(=O)CCCCCNC(=O)c2ccccc2)cc1. The summed E-state index contributed by atoms with van der Waals surface area (Å²) < 4.78 is 0. The highest BCUT2D eigenvalue weighted by Crippen LogP contribution is 2.18. The molecule has 28 heavy (non-hydrogen) atoms. The minimum absolute atomic E-state index is 0.0314. The van der Waals surface area contributed by atoms with E-state index < -0.39 is 0 Å². The summed E-state index contributed by atoms with van der Waals surface area (Å²) >= 11 is 0. The molecule has 5 nitrogen and oxygen atoms in total. The van der Waals surface area contributed by atoms with Crippen LogP contribution in [0.1, 0.15) is 49.9 Å². The fourth-order valence-corrected chi connectivity index (χ4v) is 3.05. The van der Waals surface area contributed by atoms with Gasteiger partial charge in [0.1, 0.15) is 0 Å². The van der Waals surface area contributed by atoms with E-state index >= 15 is 0 Å². The van der Waals surface area contributed by atoms with Crippen LogP contribution in [0.25, 0.3) is 0 Å². The maximum Gasteiger partial charge on any atom is 0.251 e. The molecule has 2 N–H and O–H groups in total. The molecule has 0 bridgehead atoms. The summed E-state index contributed by atoms with van der Waals surface area (Å²) in [5, 5.41) is 5.85. The maximum atomic E-state index is 12.1. The van der Waals surface area contributed by atoms with Crippen LogP contribution >= 0.6 is 0 Å². The Kier molecular flexibility index (Phi) is 9.05. The first-order chi connectivity index (χ1) is 13.6. The van der Waals surface area contributed by atoms with Crippen LogP contribution < -0.4 is 15.5 Å². The van der Waals surface area contributed by atoms with Gasteiger partial charge in [0, 0.05) is 43.0 Å². The number of benzene rings is 2. The lowest BCUT2D eigenvalue weighted by atomic mass is 10.1. The van der Waals surface area contributed by atoms with E-state index in [4.69, 9.17) is 0 Å². The van der Waals surface area contributed by atoms with Gasteiger partial charge in [0.2, 0.25) is 5.91 Å². The Hall–Kier alpha value is -2.82. The molecule has 150 valence electrons. The molecule has 5 heteroatoms. The Morgan fingerprint density at radius 1 is 0.857 bits per heavy atom. The standard InChI is InChI=1S/C23H31N3O2/c1-3-26(4-2)21-16-14-20(15-17-21)25-22(27)13-9-6-10-18-24-23(28)19-11-7-5-8-12-19/h5,7-8,11-12,14-17H,3-4,6,9-10,13,18H2,1-2H3,(H,24,28)(H,25,27). The first kappa shape index (κ1) is 21.5. The lowest BCUT2D eigenvalue weighted by molar-refractivity contribution is -0.116. The van der Waals surface area contributed by atoms with Crippen molar-refractivity contribution in [3.8, 4) is 0 Å². The van der Waals surface area contributed by atoms with Crippen molar-refractivity contribution in [1.29, 1.82) is 0 Å². The molecule has 2 rings (SSSR count). The van der Waals surface area contributed by atoms with E-state index in [1.165, 1.54) is 5.69 Å². The van der Waals surface area contributed by atoms with E-state index in [1.54, 1.807) is 12.1 Å². The van der Waals surface area contributed by atoms with E-state index in [-0.39, 0.29) is 11.8 Å². The van der Waals surface area contributed by atoms with Crippen molar-refractivity contribution < 1.29 is 9.59 Å². The molecule has 0 saturated heterocycles. The molecule has 0 aliphatic carbocycles. The Balaban J connectivity index is 1.60. The number of rotatable bonds is 11. The summed E-state index contributed by atoms with van der Waals surface area (Å²) in [5.74, 6) is -0.0181. The molecule has 0 saturated carbocycles. The van der Waals surface area contributed by atoms with Gasteiger partial charge >= 0.3 is 0 Å². The third-order valence-corrected chi connectivity index (χ3v) is 4.68. The number of nitrogens with zero attached hydrogens (tertiary/aromatic N) is 1. The highest BCUT2D eigenvalue weighted by Gasteiger charge is 2.06. The molecule has 0 unspecified atom stereocenters. The first-order valence-electron chi connectivity index (χ1n) is 10.1. The fraction of sp³-hybridized carbons (Fsp3) is 0.391. The van der Waals surface area contributed by atoms with Gasteiger partial charge in [0.15, 0.2) is 0 Å². The Bertz CT molecular complexity index is 725. The summed E-state index contributed by atoms with van der Waals surface area (Å²) in [6.07, 6.45) is 3.07. The Morgan fingerprint density at radius 2 is 1.54 bits per heavy atom. The van der Waals surface area contributed by atoms with Crippen molar-refractivity contribution >= 4 is 23.2 Å². The molecule has 2 aromatic carbocycles. The predicted molar refractivity (Wildman–Crippen MR) is 116 cm³/mol. The van der Waals surface area contributed by atoms with Gasteiger partial charge in [-0.15, -0.1) is 0 Å². The molecule has 0 heterocycles. The van der Waals surface area contributed by atoms with Gasteiger partial charge in [-0.1, -0.05) is 24.6 Å². The maximum absolute atomic E-state index is 12.1. The largest absolute Gasteiger partial charge is 0.372 e. The van der Waals surface area contributed by atoms with Gasteiger partial charge in [-0.05, 0) is 63.1 Å². The molecule has 0 spiro atoms. The minimum Gasteiger partial charge on any atom is -0.372 e. The quantitative estimate of drug-likeness (QED) is 0.565. The van der Waals surface area contributed by atoms with Crippen LogP contribution in [0.3, 0.4) is 0 Å². The van der Waals surface area contributed by atoms with Crippen LogP contribution in [-0.2, 0) is 4.79 Å². The average Bonchev–Trinajstić information content (AvgIpc) is 2.73. The molecular formula is C23H31N3O2. The van der Waals surface area contributed by atoms with Crippen molar-refractivity contribution in [3.63, 3.8) is 0 Å². The van der Waals surface area contributed by atoms with Crippen molar-refractivity contribution in [2.75, 3.05) is 29.9 Å². The number of nitrogens with one attached hydrogen (secondary N) is 2. The van der Waals surface area contributed by atoms with Gasteiger partial charge in [-0.25, -0.2) is 0 Å². The topological polar surface area (TPSA) is 61.4 Å². The van der Waals surface area contributed by atoms with Crippen molar-refractivity contribution in [2.45, 2.75) is 39.5 Å². The Labute approximate surface area is 168 Å². The number of hydrogen-bond acceptors (Lipinski definition) is 3. The summed E-state index contributed by atoms with van der Waals surface area (Å²) in [7, 11) is 0. The number of hydrogen-bond donors (Lipinski definition) is 2. The van der Waals surface area contributed by atoms with Gasteiger partial charge in [0.25, 0.3) is 5.91 Å². The van der Waals surface area contributed by atoms with Crippen molar-refractivity contribution in [1.82, 2.24) is 5.32 Å². The summed E-state index contributed by atoms with van der Waals surface area (Å²) in [5.41, 5.74) is 2.67. The van der Waals surface area contributed by atoms with E-state index in [0.29, 0.717) is 18.5 Å². The molecular weight excluding hydrogens is 350 g/mol. The Morgan fingerprint density at radius 3 is 2.18 bits per heavy atom. The number of anilines is 2. The van der Waals surface area contributed by atoms with E-state index in [9.17, 15) is 9.59 Å². The first-order valence-corrected chi connectivity index (χ1v) is 10.1. The van der Waals surface area contributed by atoms with Crippen LogP contribution in [0, 0.1) is 0 Å². The number of carbonyl (C=O) groups excluding carboxylic acids is 2. The highest BCUT2D eigenvalue weighted by molar-refractivity contribution is 5.94. The van der Waals surface area contributed by atoms with Gasteiger partial charge in [-0.3, -0.25) is 9.59 Å². The molecule has 0 atom stereocenters. The predicted octanol–water partition coefficient (Wildman–Crippen LogP) is 4.46. The second-order valence-corrected chi connectivity index (χ2v) is 6.70. The van der Waals surface area contributed by atoms with Crippen molar-refractivity contribution in [3.05, 3.63) is 60.2 Å². The van der Waals surface area contributed by atoms with Crippen LogP contribution in [0.5, 0.6) is 0 Å². The second-order valence-electron chi connectivity index (χ2n) is 6.70. The van der Waals surface area contributed by atoms with E-state index in [0.717, 1.165) is 38.0 Å². The zero-order valence-electron chi connectivity index (χ0n) is 16.9. The van der Waals surface area contributed by atoms with Crippen LogP contribution in [0.4, 0.5) is 11.4 Å². The lowest BCUT2D eigenvalue weighted by Gasteiger charge is -2.21. The molecule has 0 fully saturated rings. The molecule has 0 radical (unpaired) electrons. The summed E-state index contributed by atoms with van der Waals surface area (Å²) in [6.45, 7) is 6.82. The van der Waals surface area contributed by atoms with E-state index in [2.05, 4.69) is 29.4 Å². The van der Waals surface area contributed by atoms with Crippen LogP contribution in [-0.4, -0.2) is 31.4 Å². The van der Waals surface area contributed by atoms with Crippen molar-refractivity contribution in [2.24, 2.45) is 0 Å². The molecule has 2 amide bonds.